The van der Waals surface area contributed by atoms with E-state index in [9.17, 15) is 9.59 Å². The molecule has 3 rings (SSSR count). The van der Waals surface area contributed by atoms with Crippen molar-refractivity contribution < 1.29 is 9.53 Å². The van der Waals surface area contributed by atoms with E-state index in [0.29, 0.717) is 33.8 Å². The number of esters is 1. The molecule has 0 saturated heterocycles. The molecular weight excluding hydrogens is 392 g/mol. The van der Waals surface area contributed by atoms with Gasteiger partial charge in [-0.3, -0.25) is 14.2 Å². The fourth-order valence-electron chi connectivity index (χ4n) is 2.65. The van der Waals surface area contributed by atoms with E-state index < -0.39 is 5.25 Å². The van der Waals surface area contributed by atoms with Crippen molar-refractivity contribution in [3.63, 3.8) is 0 Å². The average Bonchev–Trinajstić information content (AvgIpc) is 3.10. The normalized spacial score (nSPS) is 14.1. The molecule has 1 aromatic carbocycles. The third-order valence-electron chi connectivity index (χ3n) is 3.92. The lowest BCUT2D eigenvalue weighted by Gasteiger charge is -2.17. The van der Waals surface area contributed by atoms with Crippen molar-refractivity contribution in [3.8, 4) is 5.69 Å². The van der Waals surface area contributed by atoms with Crippen LogP contribution in [0.5, 0.6) is 0 Å². The molecule has 8 heteroatoms. The van der Waals surface area contributed by atoms with Gasteiger partial charge in [-0.25, -0.2) is 4.98 Å². The zero-order valence-electron chi connectivity index (χ0n) is 14.5. The Morgan fingerprint density at radius 1 is 1.38 bits per heavy atom. The van der Waals surface area contributed by atoms with Crippen molar-refractivity contribution in [3.05, 3.63) is 45.3 Å². The Morgan fingerprint density at radius 2 is 2.12 bits per heavy atom. The summed E-state index contributed by atoms with van der Waals surface area (Å²) in [6.07, 6.45) is 1.35. The molecule has 2 aromatic rings. The first-order chi connectivity index (χ1) is 12.5. The van der Waals surface area contributed by atoms with Crippen LogP contribution in [0.3, 0.4) is 0 Å². The lowest BCUT2D eigenvalue weighted by atomic mass is 10.3. The van der Waals surface area contributed by atoms with Gasteiger partial charge in [0.1, 0.15) is 5.25 Å². The number of nitrogens with zero attached hydrogens (tertiary/aromatic N) is 2. The van der Waals surface area contributed by atoms with Gasteiger partial charge in [-0.1, -0.05) is 30.3 Å². The minimum atomic E-state index is -0.410. The van der Waals surface area contributed by atoms with E-state index in [1.165, 1.54) is 23.5 Å². The summed E-state index contributed by atoms with van der Waals surface area (Å²) in [5.74, 6) is 0.563. The Hall–Kier alpha value is -1.44. The van der Waals surface area contributed by atoms with Crippen molar-refractivity contribution in [2.75, 3.05) is 12.4 Å². The molecule has 1 unspecified atom stereocenters. The summed E-state index contributed by atoms with van der Waals surface area (Å²) in [5.41, 5.74) is 1.40. The van der Waals surface area contributed by atoms with Crippen molar-refractivity contribution in [2.24, 2.45) is 0 Å². The number of carbonyl (C=O) groups excluding carboxylic acids is 1. The number of halogens is 1. The van der Waals surface area contributed by atoms with Crippen LogP contribution < -0.4 is 5.56 Å². The Morgan fingerprint density at radius 3 is 2.77 bits per heavy atom. The van der Waals surface area contributed by atoms with Gasteiger partial charge >= 0.3 is 5.97 Å². The number of carbonyl (C=O) groups is 1. The zero-order valence-corrected chi connectivity index (χ0v) is 16.9. The molecule has 5 nitrogen and oxygen atoms in total. The van der Waals surface area contributed by atoms with Gasteiger partial charge in [-0.05, 0) is 37.6 Å². The maximum Gasteiger partial charge on any atom is 0.319 e. The van der Waals surface area contributed by atoms with Gasteiger partial charge in [0.15, 0.2) is 5.16 Å². The molecule has 0 spiro atoms. The molecule has 1 atom stereocenters. The van der Waals surface area contributed by atoms with Crippen LogP contribution in [0.25, 0.3) is 5.69 Å². The number of fused-ring (bicyclic) bond motifs is 1. The van der Waals surface area contributed by atoms with Crippen molar-refractivity contribution in [1.82, 2.24) is 9.55 Å². The van der Waals surface area contributed by atoms with Crippen LogP contribution in [0, 0.1) is 0 Å². The lowest BCUT2D eigenvalue weighted by molar-refractivity contribution is -0.142. The highest BCUT2D eigenvalue weighted by Crippen LogP contribution is 2.32. The van der Waals surface area contributed by atoms with Gasteiger partial charge in [-0.15, -0.1) is 11.8 Å². The van der Waals surface area contributed by atoms with Crippen LogP contribution >= 0.6 is 35.1 Å². The molecule has 0 fully saturated rings. The number of aryl methyl sites for hydroxylation is 1. The van der Waals surface area contributed by atoms with E-state index in [4.69, 9.17) is 21.3 Å². The fourth-order valence-corrected chi connectivity index (χ4v) is 4.85. The van der Waals surface area contributed by atoms with E-state index in [2.05, 4.69) is 0 Å². The highest BCUT2D eigenvalue weighted by molar-refractivity contribution is 8.00. The quantitative estimate of drug-likeness (QED) is 0.408. The summed E-state index contributed by atoms with van der Waals surface area (Å²) in [6, 6.07) is 7.04. The number of hydrogen-bond acceptors (Lipinski definition) is 6. The number of hydrogen-bond donors (Lipinski definition) is 0. The topological polar surface area (TPSA) is 61.2 Å². The molecule has 1 aromatic heterocycles. The van der Waals surface area contributed by atoms with E-state index in [0.717, 1.165) is 17.9 Å². The third-order valence-corrected chi connectivity index (χ3v) is 6.57. The maximum absolute atomic E-state index is 13.1. The summed E-state index contributed by atoms with van der Waals surface area (Å²) >= 11 is 8.79. The predicted octanol–water partition coefficient (Wildman–Crippen LogP) is 3.97. The van der Waals surface area contributed by atoms with E-state index in [-0.39, 0.29) is 11.5 Å². The molecule has 0 aliphatic carbocycles. The van der Waals surface area contributed by atoms with Crippen LogP contribution in [0.1, 0.15) is 26.0 Å². The van der Waals surface area contributed by atoms with Crippen LogP contribution in [-0.4, -0.2) is 33.1 Å². The highest BCUT2D eigenvalue weighted by atomic mass is 35.5. The summed E-state index contributed by atoms with van der Waals surface area (Å²) < 4.78 is 6.72. The highest BCUT2D eigenvalue weighted by Gasteiger charge is 2.26. The molecule has 1 aliphatic heterocycles. The summed E-state index contributed by atoms with van der Waals surface area (Å²) in [7, 11) is 0. The van der Waals surface area contributed by atoms with Crippen molar-refractivity contribution in [1.29, 1.82) is 0 Å². The Bertz CT molecular complexity index is 868. The van der Waals surface area contributed by atoms with Crippen molar-refractivity contribution in [2.45, 2.75) is 42.0 Å². The standard InChI is InChI=1S/C18H19ClN2O3S2/c1-3-14(17(23)24-4-2)26-18-20-13-9-10-25-15(13)16(22)21(18)12-7-5-11(19)6-8-12/h5-8,14H,3-4,9-10H2,1-2H3. The smallest absolute Gasteiger partial charge is 0.319 e. The monoisotopic (exact) mass is 410 g/mol. The second-order valence-corrected chi connectivity index (χ2v) is 8.36. The summed E-state index contributed by atoms with van der Waals surface area (Å²) in [4.78, 5) is 30.7. The van der Waals surface area contributed by atoms with E-state index in [1.54, 1.807) is 35.8 Å². The van der Waals surface area contributed by atoms with Gasteiger partial charge in [-0.2, -0.15) is 0 Å². The zero-order chi connectivity index (χ0) is 18.7. The fraction of sp³-hybridized carbons (Fsp3) is 0.389. The summed E-state index contributed by atoms with van der Waals surface area (Å²) in [6.45, 7) is 4.03. The van der Waals surface area contributed by atoms with Gasteiger partial charge in [0.25, 0.3) is 5.56 Å². The Balaban J connectivity index is 2.08. The molecule has 1 aliphatic rings. The van der Waals surface area contributed by atoms with Crippen molar-refractivity contribution >= 4 is 41.1 Å². The first-order valence-electron chi connectivity index (χ1n) is 8.43. The molecule has 2 heterocycles. The molecule has 0 radical (unpaired) electrons. The molecule has 0 amide bonds. The second kappa shape index (κ2) is 8.50. The predicted molar refractivity (Wildman–Crippen MR) is 106 cm³/mol. The lowest BCUT2D eigenvalue weighted by Crippen LogP contribution is -2.26. The average molecular weight is 411 g/mol. The number of ether oxygens (including phenoxy) is 1. The Kier molecular flexibility index (Phi) is 6.32. The van der Waals surface area contributed by atoms with Crippen LogP contribution in [0.2, 0.25) is 5.02 Å². The van der Waals surface area contributed by atoms with Gasteiger partial charge in [0.05, 0.1) is 22.9 Å². The number of aromatic nitrogens is 2. The first kappa shape index (κ1) is 19.3. The second-order valence-electron chi connectivity index (χ2n) is 5.65. The molecule has 0 saturated carbocycles. The van der Waals surface area contributed by atoms with Crippen LogP contribution in [0.15, 0.2) is 39.1 Å². The maximum atomic E-state index is 13.1. The minimum Gasteiger partial charge on any atom is -0.465 e. The first-order valence-corrected chi connectivity index (χ1v) is 10.7. The van der Waals surface area contributed by atoms with E-state index in [1.807, 2.05) is 6.92 Å². The molecule has 0 bridgehead atoms. The third kappa shape index (κ3) is 3.94. The molecule has 26 heavy (non-hydrogen) atoms. The number of thioether (sulfide) groups is 2. The van der Waals surface area contributed by atoms with Gasteiger partial charge < -0.3 is 4.74 Å². The Labute approximate surface area is 165 Å². The van der Waals surface area contributed by atoms with Crippen LogP contribution in [0.4, 0.5) is 0 Å². The molecule has 0 N–H and O–H groups in total. The SMILES string of the molecule is CCOC(=O)C(CC)Sc1nc2c(c(=O)n1-c1ccc(Cl)cc1)SCC2. The minimum absolute atomic E-state index is 0.0963. The summed E-state index contributed by atoms with van der Waals surface area (Å²) in [5, 5.41) is 0.698. The largest absolute Gasteiger partial charge is 0.465 e. The number of benzene rings is 1. The van der Waals surface area contributed by atoms with Crippen LogP contribution in [-0.2, 0) is 16.0 Å². The number of rotatable bonds is 6. The molecular formula is C18H19ClN2O3S2. The van der Waals surface area contributed by atoms with Gasteiger partial charge in [0, 0.05) is 17.2 Å². The molecule has 138 valence electrons. The van der Waals surface area contributed by atoms with E-state index >= 15 is 0 Å². The van der Waals surface area contributed by atoms with Gasteiger partial charge in [0.2, 0.25) is 0 Å².